The lowest BCUT2D eigenvalue weighted by atomic mass is 10.1. The van der Waals surface area contributed by atoms with Gasteiger partial charge in [0.05, 0.1) is 6.07 Å². The van der Waals surface area contributed by atoms with Gasteiger partial charge in [-0.1, -0.05) is 41.5 Å². The minimum absolute atomic E-state index is 0.00722. The van der Waals surface area contributed by atoms with Gasteiger partial charge >= 0.3 is 0 Å². The van der Waals surface area contributed by atoms with Gasteiger partial charge in [0.2, 0.25) is 5.91 Å². The van der Waals surface area contributed by atoms with Crippen molar-refractivity contribution in [1.82, 2.24) is 4.90 Å². The molecule has 1 aliphatic rings. The Morgan fingerprint density at radius 3 is 1.76 bits per heavy atom. The zero-order chi connectivity index (χ0) is 14.1. The fourth-order valence-electron chi connectivity index (χ4n) is 1.32. The molecule has 17 heavy (non-hydrogen) atoms. The highest BCUT2D eigenvalue weighted by molar-refractivity contribution is 5.78. The summed E-state index contributed by atoms with van der Waals surface area (Å²) in [4.78, 5) is 12.9. The topological polar surface area (TPSA) is 44.1 Å². The Kier molecular flexibility index (Phi) is 25.5. The lowest BCUT2D eigenvalue weighted by molar-refractivity contribution is -0.130. The third-order valence-corrected chi connectivity index (χ3v) is 1.94. The van der Waals surface area contributed by atoms with Crippen LogP contribution in [0.3, 0.4) is 0 Å². The van der Waals surface area contributed by atoms with E-state index in [2.05, 4.69) is 0 Å². The second-order valence-corrected chi connectivity index (χ2v) is 2.78. The van der Waals surface area contributed by atoms with Crippen molar-refractivity contribution in [3.05, 3.63) is 0 Å². The first-order chi connectivity index (χ1) is 8.34. The second-order valence-electron chi connectivity index (χ2n) is 2.78. The fourth-order valence-corrected chi connectivity index (χ4v) is 1.32. The first kappa shape index (κ1) is 21.3. The van der Waals surface area contributed by atoms with Crippen molar-refractivity contribution in [2.45, 2.75) is 67.2 Å². The summed E-state index contributed by atoms with van der Waals surface area (Å²) in [5.74, 6) is -0.00722. The molecule has 1 saturated heterocycles. The van der Waals surface area contributed by atoms with E-state index < -0.39 is 0 Å². The molecule has 0 atom stereocenters. The highest BCUT2D eigenvalue weighted by atomic mass is 16.2. The van der Waals surface area contributed by atoms with Crippen molar-refractivity contribution >= 4 is 5.91 Å². The summed E-state index contributed by atoms with van der Waals surface area (Å²) in [5, 5.41) is 8.27. The van der Waals surface area contributed by atoms with Crippen LogP contribution in [0.4, 0.5) is 0 Å². The predicted octanol–water partition coefficient (Wildman–Crippen LogP) is 3.99. The van der Waals surface area contributed by atoms with Crippen LogP contribution in [0.2, 0.25) is 0 Å². The van der Waals surface area contributed by atoms with Crippen molar-refractivity contribution in [2.24, 2.45) is 0 Å². The second kappa shape index (κ2) is 20.4. The summed E-state index contributed by atoms with van der Waals surface area (Å²) < 4.78 is 0. The van der Waals surface area contributed by atoms with E-state index in [1.54, 1.807) is 4.90 Å². The standard InChI is InChI=1S/C8H12N2O.3C2H6/c9-5-4-8(11)10-6-2-1-3-7-10;3*1-2/h1-4,6-7H2;3*1-2H3. The summed E-state index contributed by atoms with van der Waals surface area (Å²) in [7, 11) is 0. The molecular weight excluding hydrogens is 212 g/mol. The van der Waals surface area contributed by atoms with Crippen LogP contribution < -0.4 is 0 Å². The zero-order valence-corrected chi connectivity index (χ0v) is 12.5. The maximum atomic E-state index is 11.1. The molecular formula is C14H30N2O. The Morgan fingerprint density at radius 2 is 1.41 bits per heavy atom. The van der Waals surface area contributed by atoms with E-state index >= 15 is 0 Å². The molecule has 3 heteroatoms. The smallest absolute Gasteiger partial charge is 0.236 e. The monoisotopic (exact) mass is 242 g/mol. The van der Waals surface area contributed by atoms with Crippen molar-refractivity contribution < 1.29 is 4.79 Å². The number of nitriles is 1. The zero-order valence-electron chi connectivity index (χ0n) is 12.5. The van der Waals surface area contributed by atoms with E-state index in [0.29, 0.717) is 0 Å². The highest BCUT2D eigenvalue weighted by Crippen LogP contribution is 2.09. The summed E-state index contributed by atoms with van der Waals surface area (Å²) in [5.41, 5.74) is 0. The molecule has 0 aliphatic carbocycles. The SMILES string of the molecule is CC.CC.CC.N#CCC(=O)N1CCCCC1. The molecule has 0 saturated carbocycles. The van der Waals surface area contributed by atoms with E-state index in [-0.39, 0.29) is 12.3 Å². The maximum absolute atomic E-state index is 11.1. The summed E-state index contributed by atoms with van der Waals surface area (Å²) in [6.45, 7) is 13.7. The van der Waals surface area contributed by atoms with Gasteiger partial charge in [0.15, 0.2) is 0 Å². The van der Waals surface area contributed by atoms with Crippen LogP contribution in [0.1, 0.15) is 67.2 Å². The molecule has 1 aliphatic heterocycles. The predicted molar refractivity (Wildman–Crippen MR) is 74.7 cm³/mol. The van der Waals surface area contributed by atoms with Crippen LogP contribution in [-0.2, 0) is 4.79 Å². The van der Waals surface area contributed by atoms with Crippen molar-refractivity contribution in [1.29, 1.82) is 5.26 Å². The van der Waals surface area contributed by atoms with Gasteiger partial charge in [0.1, 0.15) is 6.42 Å². The molecule has 0 spiro atoms. The number of hydrogen-bond acceptors (Lipinski definition) is 2. The average Bonchev–Trinajstić information content (AvgIpc) is 2.46. The number of rotatable bonds is 1. The molecule has 0 bridgehead atoms. The van der Waals surface area contributed by atoms with E-state index in [1.807, 2.05) is 47.6 Å². The number of amides is 1. The Hall–Kier alpha value is -1.04. The minimum Gasteiger partial charge on any atom is -0.342 e. The first-order valence-corrected chi connectivity index (χ1v) is 6.99. The largest absolute Gasteiger partial charge is 0.342 e. The lowest BCUT2D eigenvalue weighted by Crippen LogP contribution is -2.35. The Labute approximate surface area is 108 Å². The number of carbonyl (C=O) groups is 1. The first-order valence-electron chi connectivity index (χ1n) is 6.99. The molecule has 1 rings (SSSR count). The van der Waals surface area contributed by atoms with E-state index in [1.165, 1.54) is 6.42 Å². The molecule has 0 aromatic rings. The van der Waals surface area contributed by atoms with Crippen molar-refractivity contribution in [2.75, 3.05) is 13.1 Å². The third kappa shape index (κ3) is 12.9. The quantitative estimate of drug-likeness (QED) is 0.697. The number of nitrogens with zero attached hydrogens (tertiary/aromatic N) is 2. The van der Waals surface area contributed by atoms with Crippen LogP contribution >= 0.6 is 0 Å². The fraction of sp³-hybridized carbons (Fsp3) is 0.857. The number of hydrogen-bond donors (Lipinski definition) is 0. The van der Waals surface area contributed by atoms with Crippen LogP contribution in [0.15, 0.2) is 0 Å². The summed E-state index contributed by atoms with van der Waals surface area (Å²) in [6, 6.07) is 1.87. The number of carbonyl (C=O) groups excluding carboxylic acids is 1. The molecule has 0 N–H and O–H groups in total. The van der Waals surface area contributed by atoms with Gasteiger partial charge in [-0.15, -0.1) is 0 Å². The molecule has 0 radical (unpaired) electrons. The molecule has 0 unspecified atom stereocenters. The highest BCUT2D eigenvalue weighted by Gasteiger charge is 2.14. The molecule has 0 aromatic carbocycles. The van der Waals surface area contributed by atoms with Crippen molar-refractivity contribution in [3.63, 3.8) is 0 Å². The summed E-state index contributed by atoms with van der Waals surface area (Å²) in [6.07, 6.45) is 3.45. The van der Waals surface area contributed by atoms with Crippen LogP contribution in [0.5, 0.6) is 0 Å². The van der Waals surface area contributed by atoms with Gasteiger partial charge in [-0.25, -0.2) is 0 Å². The van der Waals surface area contributed by atoms with Gasteiger partial charge in [-0.3, -0.25) is 4.79 Å². The van der Waals surface area contributed by atoms with Crippen LogP contribution in [0, 0.1) is 11.3 Å². The molecule has 102 valence electrons. The Balaban J connectivity index is -0.000000285. The molecule has 0 aromatic heterocycles. The molecule has 1 amide bonds. The van der Waals surface area contributed by atoms with E-state index in [9.17, 15) is 4.79 Å². The minimum atomic E-state index is -0.00722. The normalized spacial score (nSPS) is 12.4. The lowest BCUT2D eigenvalue weighted by Gasteiger charge is -2.25. The Bertz CT molecular complexity index is 179. The van der Waals surface area contributed by atoms with Crippen LogP contribution in [0.25, 0.3) is 0 Å². The maximum Gasteiger partial charge on any atom is 0.236 e. The molecule has 3 nitrogen and oxygen atoms in total. The number of likely N-dealkylation sites (tertiary alicyclic amines) is 1. The van der Waals surface area contributed by atoms with Gasteiger partial charge < -0.3 is 4.90 Å². The summed E-state index contributed by atoms with van der Waals surface area (Å²) >= 11 is 0. The average molecular weight is 242 g/mol. The van der Waals surface area contributed by atoms with E-state index in [0.717, 1.165) is 25.9 Å². The van der Waals surface area contributed by atoms with Crippen LogP contribution in [-0.4, -0.2) is 23.9 Å². The van der Waals surface area contributed by atoms with Gasteiger partial charge in [-0.2, -0.15) is 5.26 Å². The van der Waals surface area contributed by atoms with Gasteiger partial charge in [0, 0.05) is 13.1 Å². The Morgan fingerprint density at radius 1 is 1.00 bits per heavy atom. The van der Waals surface area contributed by atoms with Crippen molar-refractivity contribution in [3.8, 4) is 6.07 Å². The number of piperidine rings is 1. The van der Waals surface area contributed by atoms with Gasteiger partial charge in [-0.05, 0) is 19.3 Å². The third-order valence-electron chi connectivity index (χ3n) is 1.94. The molecule has 1 fully saturated rings. The van der Waals surface area contributed by atoms with E-state index in [4.69, 9.17) is 5.26 Å². The van der Waals surface area contributed by atoms with Gasteiger partial charge in [0.25, 0.3) is 0 Å². The molecule has 1 heterocycles.